The van der Waals surface area contributed by atoms with Crippen LogP contribution in [-0.2, 0) is 12.7 Å². The van der Waals surface area contributed by atoms with Crippen molar-refractivity contribution in [3.8, 4) is 5.69 Å². The number of benzene rings is 1. The second-order valence-corrected chi connectivity index (χ2v) is 5.48. The summed E-state index contributed by atoms with van der Waals surface area (Å²) in [5.74, 6) is 0. The lowest BCUT2D eigenvalue weighted by Gasteiger charge is -2.09. The molecule has 0 spiro atoms. The van der Waals surface area contributed by atoms with Crippen LogP contribution in [0.2, 0.25) is 0 Å². The Bertz CT molecular complexity index is 985. The first kappa shape index (κ1) is 16.0. The van der Waals surface area contributed by atoms with Crippen LogP contribution in [0.1, 0.15) is 12.5 Å². The summed E-state index contributed by atoms with van der Waals surface area (Å²) < 4.78 is 41.2. The van der Waals surface area contributed by atoms with E-state index in [2.05, 4.69) is 16.7 Å². The van der Waals surface area contributed by atoms with Gasteiger partial charge in [-0.15, -0.1) is 0 Å². The molecule has 8 heteroatoms. The van der Waals surface area contributed by atoms with Crippen LogP contribution in [0, 0.1) is 0 Å². The smallest absolute Gasteiger partial charge is 0.294 e. The van der Waals surface area contributed by atoms with Gasteiger partial charge in [0.15, 0.2) is 5.65 Å². The van der Waals surface area contributed by atoms with Crippen molar-refractivity contribution in [2.75, 3.05) is 0 Å². The van der Waals surface area contributed by atoms with Gasteiger partial charge < -0.3 is 0 Å². The van der Waals surface area contributed by atoms with Crippen molar-refractivity contribution in [1.29, 1.82) is 0 Å². The van der Waals surface area contributed by atoms with Gasteiger partial charge in [0, 0.05) is 6.54 Å². The molecular weight excluding hydrogens is 321 g/mol. The molecule has 0 fully saturated rings. The van der Waals surface area contributed by atoms with Crippen LogP contribution >= 0.6 is 0 Å². The number of aromatic nitrogens is 4. The lowest BCUT2D eigenvalue weighted by Crippen LogP contribution is -2.20. The summed E-state index contributed by atoms with van der Waals surface area (Å²) in [4.78, 5) is 16.5. The quantitative estimate of drug-likeness (QED) is 0.691. The summed E-state index contributed by atoms with van der Waals surface area (Å²) in [6.45, 7) is 5.84. The number of hydrogen-bond donors (Lipinski definition) is 0. The van der Waals surface area contributed by atoms with Crippen molar-refractivity contribution in [3.05, 3.63) is 64.9 Å². The summed E-state index contributed by atoms with van der Waals surface area (Å²) in [7, 11) is 0. The molecule has 2 heterocycles. The third-order valence-electron chi connectivity index (χ3n) is 3.41. The molecule has 5 nitrogen and oxygen atoms in total. The zero-order valence-corrected chi connectivity index (χ0v) is 12.7. The molecule has 0 aliphatic carbocycles. The van der Waals surface area contributed by atoms with Crippen molar-refractivity contribution in [2.24, 2.45) is 0 Å². The minimum Gasteiger partial charge on any atom is -0.294 e. The van der Waals surface area contributed by atoms with Gasteiger partial charge in [-0.3, -0.25) is 9.36 Å². The van der Waals surface area contributed by atoms with Crippen molar-refractivity contribution in [2.45, 2.75) is 19.6 Å². The molecule has 0 aliphatic heterocycles. The topological polar surface area (TPSA) is 52.7 Å². The van der Waals surface area contributed by atoms with Gasteiger partial charge in [-0.25, -0.2) is 9.67 Å². The molecule has 0 amide bonds. The summed E-state index contributed by atoms with van der Waals surface area (Å²) in [5, 5.41) is 4.25. The monoisotopic (exact) mass is 334 g/mol. The van der Waals surface area contributed by atoms with E-state index in [9.17, 15) is 18.0 Å². The van der Waals surface area contributed by atoms with Crippen LogP contribution in [0.3, 0.4) is 0 Å². The molecule has 0 aliphatic rings. The van der Waals surface area contributed by atoms with E-state index in [1.807, 2.05) is 0 Å². The number of alkyl halides is 3. The van der Waals surface area contributed by atoms with Crippen LogP contribution in [0.15, 0.2) is 53.7 Å². The predicted molar refractivity (Wildman–Crippen MR) is 82.9 cm³/mol. The Morgan fingerprint density at radius 3 is 2.75 bits per heavy atom. The van der Waals surface area contributed by atoms with E-state index in [0.717, 1.165) is 17.7 Å². The zero-order chi connectivity index (χ0) is 17.5. The van der Waals surface area contributed by atoms with E-state index >= 15 is 0 Å². The SMILES string of the molecule is C=C(C)Cn1cnc2c(cnn2-c2cccc(C(F)(F)F)c2)c1=O. The van der Waals surface area contributed by atoms with Gasteiger partial charge in [-0.2, -0.15) is 18.3 Å². The van der Waals surface area contributed by atoms with Crippen LogP contribution in [0.25, 0.3) is 16.7 Å². The summed E-state index contributed by atoms with van der Waals surface area (Å²) in [6.07, 6.45) is -1.81. The lowest BCUT2D eigenvalue weighted by atomic mass is 10.2. The second-order valence-electron chi connectivity index (χ2n) is 5.48. The van der Waals surface area contributed by atoms with Crippen LogP contribution in [-0.4, -0.2) is 19.3 Å². The van der Waals surface area contributed by atoms with Gasteiger partial charge in [-0.05, 0) is 25.1 Å². The van der Waals surface area contributed by atoms with Gasteiger partial charge in [0.1, 0.15) is 11.7 Å². The second kappa shape index (κ2) is 5.63. The third kappa shape index (κ3) is 2.82. The maximum absolute atomic E-state index is 12.9. The molecule has 3 aromatic rings. The van der Waals surface area contributed by atoms with Crippen LogP contribution < -0.4 is 5.56 Å². The molecule has 0 radical (unpaired) electrons. The standard InChI is InChI=1S/C16H13F3N4O/c1-10(2)8-22-9-20-14-13(15(22)24)7-21-23(14)12-5-3-4-11(6-12)16(17,18)19/h3-7,9H,1,8H2,2H3. The molecule has 0 saturated heterocycles. The molecule has 2 aromatic heterocycles. The molecular formula is C16H13F3N4O. The Hall–Kier alpha value is -2.90. The Morgan fingerprint density at radius 1 is 1.33 bits per heavy atom. The Morgan fingerprint density at radius 2 is 2.08 bits per heavy atom. The highest BCUT2D eigenvalue weighted by Crippen LogP contribution is 2.30. The number of fused-ring (bicyclic) bond motifs is 1. The minimum absolute atomic E-state index is 0.185. The Labute approximate surface area is 134 Å². The van der Waals surface area contributed by atoms with Crippen molar-refractivity contribution in [3.63, 3.8) is 0 Å². The van der Waals surface area contributed by atoms with Crippen molar-refractivity contribution >= 4 is 11.0 Å². The fourth-order valence-electron chi connectivity index (χ4n) is 2.35. The lowest BCUT2D eigenvalue weighted by molar-refractivity contribution is -0.137. The van der Waals surface area contributed by atoms with E-state index in [1.54, 1.807) is 6.92 Å². The number of hydrogen-bond acceptors (Lipinski definition) is 3. The molecule has 0 unspecified atom stereocenters. The van der Waals surface area contributed by atoms with Gasteiger partial charge >= 0.3 is 6.18 Å². The highest BCUT2D eigenvalue weighted by Gasteiger charge is 2.30. The molecule has 3 rings (SSSR count). The number of rotatable bonds is 3. The van der Waals surface area contributed by atoms with E-state index in [-0.39, 0.29) is 22.3 Å². The van der Waals surface area contributed by atoms with Crippen molar-refractivity contribution in [1.82, 2.24) is 19.3 Å². The maximum atomic E-state index is 12.9. The average Bonchev–Trinajstić information content (AvgIpc) is 2.94. The first-order valence-electron chi connectivity index (χ1n) is 7.02. The number of halogens is 3. The molecule has 124 valence electrons. The highest BCUT2D eigenvalue weighted by molar-refractivity contribution is 5.75. The Kier molecular flexibility index (Phi) is 3.75. The predicted octanol–water partition coefficient (Wildman–Crippen LogP) is 3.18. The van der Waals surface area contributed by atoms with E-state index < -0.39 is 11.7 Å². The maximum Gasteiger partial charge on any atom is 0.416 e. The molecule has 0 saturated carbocycles. The van der Waals surface area contributed by atoms with E-state index in [4.69, 9.17) is 0 Å². The van der Waals surface area contributed by atoms with Crippen LogP contribution in [0.5, 0.6) is 0 Å². The van der Waals surface area contributed by atoms with Crippen LogP contribution in [0.4, 0.5) is 13.2 Å². The largest absolute Gasteiger partial charge is 0.416 e. The first-order valence-corrected chi connectivity index (χ1v) is 7.02. The summed E-state index contributed by atoms with van der Waals surface area (Å²) in [5.41, 5.74) is 0.0608. The molecule has 1 aromatic carbocycles. The van der Waals surface area contributed by atoms with E-state index in [1.165, 1.54) is 33.9 Å². The van der Waals surface area contributed by atoms with E-state index in [0.29, 0.717) is 6.54 Å². The zero-order valence-electron chi connectivity index (χ0n) is 12.7. The first-order chi connectivity index (χ1) is 11.3. The third-order valence-corrected chi connectivity index (χ3v) is 3.41. The summed E-state index contributed by atoms with van der Waals surface area (Å²) in [6, 6.07) is 4.70. The molecule has 0 N–H and O–H groups in total. The number of nitrogens with zero attached hydrogens (tertiary/aromatic N) is 4. The molecule has 0 bridgehead atoms. The fraction of sp³-hybridized carbons (Fsp3) is 0.188. The average molecular weight is 334 g/mol. The van der Waals surface area contributed by atoms with Gasteiger partial charge in [-0.1, -0.05) is 18.2 Å². The molecule has 24 heavy (non-hydrogen) atoms. The van der Waals surface area contributed by atoms with Gasteiger partial charge in [0.2, 0.25) is 0 Å². The number of allylic oxidation sites excluding steroid dienone is 1. The summed E-state index contributed by atoms with van der Waals surface area (Å²) >= 11 is 0. The molecule has 0 atom stereocenters. The minimum atomic E-state index is -4.46. The highest BCUT2D eigenvalue weighted by atomic mass is 19.4. The normalized spacial score (nSPS) is 11.8. The van der Waals surface area contributed by atoms with Crippen molar-refractivity contribution < 1.29 is 13.2 Å². The Balaban J connectivity index is 2.14. The van der Waals surface area contributed by atoms with Gasteiger partial charge in [0.25, 0.3) is 5.56 Å². The fourth-order valence-corrected chi connectivity index (χ4v) is 2.35. The van der Waals surface area contributed by atoms with Gasteiger partial charge in [0.05, 0.1) is 17.4 Å².